The molecule has 0 radical (unpaired) electrons. The lowest BCUT2D eigenvalue weighted by molar-refractivity contribution is 0.173. The molecule has 0 aliphatic heterocycles. The molecule has 0 spiro atoms. The minimum Gasteiger partial charge on any atom is -0.491 e. The van der Waals surface area contributed by atoms with Crippen LogP contribution in [0.25, 0.3) is 0 Å². The zero-order chi connectivity index (χ0) is 10.4. The van der Waals surface area contributed by atoms with E-state index >= 15 is 0 Å². The molecule has 78 valence electrons. The molecule has 0 amide bonds. The van der Waals surface area contributed by atoms with Crippen molar-refractivity contribution in [2.24, 2.45) is 0 Å². The lowest BCUT2D eigenvalue weighted by Gasteiger charge is -2.09. The van der Waals surface area contributed by atoms with Gasteiger partial charge in [-0.25, -0.2) is 0 Å². The van der Waals surface area contributed by atoms with Gasteiger partial charge >= 0.3 is 0 Å². The summed E-state index contributed by atoms with van der Waals surface area (Å²) < 4.78 is 5.19. The number of benzene rings is 1. The van der Waals surface area contributed by atoms with E-state index in [2.05, 4.69) is 0 Å². The molecule has 0 heterocycles. The topological polar surface area (TPSA) is 49.7 Å². The first-order valence-electron chi connectivity index (χ1n) is 4.79. The van der Waals surface area contributed by atoms with Crippen LogP contribution in [0.5, 0.6) is 5.75 Å². The van der Waals surface area contributed by atoms with Crippen LogP contribution in [0.3, 0.4) is 0 Å². The van der Waals surface area contributed by atoms with Gasteiger partial charge in [-0.3, -0.25) is 0 Å². The molecule has 0 saturated heterocycles. The van der Waals surface area contributed by atoms with Crippen molar-refractivity contribution in [1.29, 1.82) is 0 Å². The Bertz CT molecular complexity index is 256. The molecule has 3 heteroatoms. The lowest BCUT2D eigenvalue weighted by Crippen LogP contribution is -2.02. The van der Waals surface area contributed by atoms with Gasteiger partial charge in [0.15, 0.2) is 0 Å². The zero-order valence-electron chi connectivity index (χ0n) is 8.31. The molecule has 2 N–H and O–H groups in total. The SMILES string of the molecule is CCC(O)c1ccc(OCCO)cc1. The lowest BCUT2D eigenvalue weighted by atomic mass is 10.1. The normalized spacial score (nSPS) is 12.5. The molecule has 0 bridgehead atoms. The Balaban J connectivity index is 2.59. The average molecular weight is 196 g/mol. The van der Waals surface area contributed by atoms with E-state index in [4.69, 9.17) is 9.84 Å². The number of aliphatic hydroxyl groups excluding tert-OH is 2. The molecule has 0 fully saturated rings. The van der Waals surface area contributed by atoms with E-state index in [1.807, 2.05) is 19.1 Å². The first kappa shape index (κ1) is 11.0. The van der Waals surface area contributed by atoms with Crippen LogP contribution < -0.4 is 4.74 Å². The minimum absolute atomic E-state index is 0.0132. The number of hydrogen-bond donors (Lipinski definition) is 2. The van der Waals surface area contributed by atoms with Crippen LogP contribution in [0.4, 0.5) is 0 Å². The van der Waals surface area contributed by atoms with Gasteiger partial charge in [0.1, 0.15) is 12.4 Å². The van der Waals surface area contributed by atoms with Crippen LogP contribution in [-0.4, -0.2) is 23.4 Å². The highest BCUT2D eigenvalue weighted by atomic mass is 16.5. The molecule has 1 unspecified atom stereocenters. The van der Waals surface area contributed by atoms with Crippen LogP contribution >= 0.6 is 0 Å². The van der Waals surface area contributed by atoms with Gasteiger partial charge in [-0.1, -0.05) is 19.1 Å². The van der Waals surface area contributed by atoms with Gasteiger partial charge in [0.05, 0.1) is 12.7 Å². The van der Waals surface area contributed by atoms with Gasteiger partial charge in [0.2, 0.25) is 0 Å². The van der Waals surface area contributed by atoms with Gasteiger partial charge in [-0.05, 0) is 24.1 Å². The summed E-state index contributed by atoms with van der Waals surface area (Å²) in [6.07, 6.45) is 0.304. The second kappa shape index (κ2) is 5.62. The maximum absolute atomic E-state index is 9.52. The van der Waals surface area contributed by atoms with E-state index in [0.29, 0.717) is 18.8 Å². The summed E-state index contributed by atoms with van der Waals surface area (Å²) in [7, 11) is 0. The highest BCUT2D eigenvalue weighted by Gasteiger charge is 2.03. The monoisotopic (exact) mass is 196 g/mol. The number of hydrogen-bond acceptors (Lipinski definition) is 3. The third-order valence-corrected chi connectivity index (χ3v) is 2.01. The van der Waals surface area contributed by atoms with Crippen molar-refractivity contribution in [1.82, 2.24) is 0 Å². The largest absolute Gasteiger partial charge is 0.491 e. The van der Waals surface area contributed by atoms with E-state index in [9.17, 15) is 5.11 Å². The summed E-state index contributed by atoms with van der Waals surface area (Å²) in [4.78, 5) is 0. The Labute approximate surface area is 84.0 Å². The molecule has 0 saturated carbocycles. The Hall–Kier alpha value is -1.06. The summed E-state index contributed by atoms with van der Waals surface area (Å²) >= 11 is 0. The van der Waals surface area contributed by atoms with Crippen molar-refractivity contribution in [2.45, 2.75) is 19.4 Å². The first-order chi connectivity index (χ1) is 6.77. The quantitative estimate of drug-likeness (QED) is 0.750. The summed E-state index contributed by atoms with van der Waals surface area (Å²) in [5, 5.41) is 18.1. The third kappa shape index (κ3) is 3.01. The summed E-state index contributed by atoms with van der Waals surface area (Å²) in [6, 6.07) is 7.26. The van der Waals surface area contributed by atoms with Crippen LogP contribution in [0.2, 0.25) is 0 Å². The van der Waals surface area contributed by atoms with Crippen molar-refractivity contribution in [2.75, 3.05) is 13.2 Å². The smallest absolute Gasteiger partial charge is 0.119 e. The van der Waals surface area contributed by atoms with E-state index < -0.39 is 6.10 Å². The molecule has 0 aromatic heterocycles. The molecule has 0 aliphatic carbocycles. The Morgan fingerprint density at radius 3 is 2.43 bits per heavy atom. The van der Waals surface area contributed by atoms with Gasteiger partial charge in [-0.2, -0.15) is 0 Å². The summed E-state index contributed by atoms with van der Waals surface area (Å²) in [5.41, 5.74) is 0.892. The fraction of sp³-hybridized carbons (Fsp3) is 0.455. The van der Waals surface area contributed by atoms with Crippen molar-refractivity contribution in [3.63, 3.8) is 0 Å². The Morgan fingerprint density at radius 2 is 1.93 bits per heavy atom. The molecule has 1 atom stereocenters. The summed E-state index contributed by atoms with van der Waals surface area (Å²) in [5.74, 6) is 0.714. The van der Waals surface area contributed by atoms with Crippen LogP contribution in [-0.2, 0) is 0 Å². The predicted octanol–water partition coefficient (Wildman–Crippen LogP) is 1.50. The molecule has 0 aliphatic rings. The molecule has 1 aromatic carbocycles. The highest BCUT2D eigenvalue weighted by molar-refractivity contribution is 5.28. The van der Waals surface area contributed by atoms with Gasteiger partial charge in [0, 0.05) is 0 Å². The fourth-order valence-electron chi connectivity index (χ4n) is 1.19. The second-order valence-corrected chi connectivity index (χ2v) is 3.07. The zero-order valence-corrected chi connectivity index (χ0v) is 8.31. The van der Waals surface area contributed by atoms with Crippen LogP contribution in [0.1, 0.15) is 25.0 Å². The maximum atomic E-state index is 9.52. The van der Waals surface area contributed by atoms with Gasteiger partial charge in [-0.15, -0.1) is 0 Å². The van der Waals surface area contributed by atoms with Crippen molar-refractivity contribution >= 4 is 0 Å². The Morgan fingerprint density at radius 1 is 1.29 bits per heavy atom. The minimum atomic E-state index is -0.401. The standard InChI is InChI=1S/C11H16O3/c1-2-11(13)9-3-5-10(6-4-9)14-8-7-12/h3-6,11-13H,2,7-8H2,1H3. The van der Waals surface area contributed by atoms with Crippen LogP contribution in [0, 0.1) is 0 Å². The Kier molecular flexibility index (Phi) is 4.43. The molecule has 3 nitrogen and oxygen atoms in total. The average Bonchev–Trinajstić information content (AvgIpc) is 2.26. The maximum Gasteiger partial charge on any atom is 0.119 e. The molecule has 1 rings (SSSR count). The number of rotatable bonds is 5. The molecule has 14 heavy (non-hydrogen) atoms. The molecular formula is C11H16O3. The highest BCUT2D eigenvalue weighted by Crippen LogP contribution is 2.19. The number of aliphatic hydroxyl groups is 2. The number of ether oxygens (including phenoxy) is 1. The van der Waals surface area contributed by atoms with Gasteiger partial charge in [0.25, 0.3) is 0 Å². The van der Waals surface area contributed by atoms with E-state index in [0.717, 1.165) is 5.56 Å². The van der Waals surface area contributed by atoms with Crippen molar-refractivity contribution < 1.29 is 14.9 Å². The van der Waals surface area contributed by atoms with E-state index in [-0.39, 0.29) is 6.61 Å². The van der Waals surface area contributed by atoms with E-state index in [1.165, 1.54) is 0 Å². The van der Waals surface area contributed by atoms with Crippen molar-refractivity contribution in [3.8, 4) is 5.75 Å². The van der Waals surface area contributed by atoms with Crippen LogP contribution in [0.15, 0.2) is 24.3 Å². The van der Waals surface area contributed by atoms with E-state index in [1.54, 1.807) is 12.1 Å². The fourth-order valence-corrected chi connectivity index (χ4v) is 1.19. The second-order valence-electron chi connectivity index (χ2n) is 3.07. The van der Waals surface area contributed by atoms with Gasteiger partial charge < -0.3 is 14.9 Å². The predicted molar refractivity (Wildman–Crippen MR) is 54.3 cm³/mol. The molecule has 1 aromatic rings. The summed E-state index contributed by atoms with van der Waals surface area (Å²) in [6.45, 7) is 2.25. The van der Waals surface area contributed by atoms with Crippen molar-refractivity contribution in [3.05, 3.63) is 29.8 Å². The molecular weight excluding hydrogens is 180 g/mol. The third-order valence-electron chi connectivity index (χ3n) is 2.01. The first-order valence-corrected chi connectivity index (χ1v) is 4.79.